The first-order valence-electron chi connectivity index (χ1n) is 9.32. The summed E-state index contributed by atoms with van der Waals surface area (Å²) < 4.78 is 19.0. The minimum atomic E-state index is -0.513. The van der Waals surface area contributed by atoms with Gasteiger partial charge >= 0.3 is 0 Å². The molecule has 0 aliphatic carbocycles. The number of carbonyl (C=O) groups excluding carboxylic acids is 1. The second-order valence-electron chi connectivity index (χ2n) is 6.94. The minimum Gasteiger partial charge on any atom is -0.493 e. The Morgan fingerprint density at radius 2 is 2.10 bits per heavy atom. The van der Waals surface area contributed by atoms with Crippen molar-refractivity contribution in [2.45, 2.75) is 12.8 Å². The Morgan fingerprint density at radius 3 is 3.00 bits per heavy atom. The number of H-pyrrole nitrogens is 1. The van der Waals surface area contributed by atoms with Crippen molar-refractivity contribution in [3.05, 3.63) is 72.1 Å². The van der Waals surface area contributed by atoms with Crippen LogP contribution in [0.25, 0.3) is 22.2 Å². The molecule has 1 amide bonds. The molecular weight excluding hydrogens is 371 g/mol. The number of halogens is 1. The van der Waals surface area contributed by atoms with Crippen molar-refractivity contribution in [2.24, 2.45) is 0 Å². The third kappa shape index (κ3) is 3.31. The molecule has 2 N–H and O–H groups in total. The summed E-state index contributed by atoms with van der Waals surface area (Å²) in [5, 5.41) is 3.49. The molecule has 4 aromatic rings. The number of aromatic amines is 1. The first-order chi connectivity index (χ1) is 14.2. The van der Waals surface area contributed by atoms with E-state index in [-0.39, 0.29) is 5.91 Å². The average Bonchev–Trinajstić information content (AvgIpc) is 3.16. The molecule has 0 unspecified atom stereocenters. The van der Waals surface area contributed by atoms with Crippen molar-refractivity contribution in [1.82, 2.24) is 15.0 Å². The molecule has 1 aromatic carbocycles. The third-order valence-electron chi connectivity index (χ3n) is 4.98. The Morgan fingerprint density at radius 1 is 1.17 bits per heavy atom. The largest absolute Gasteiger partial charge is 0.493 e. The molecule has 5 rings (SSSR count). The fourth-order valence-corrected chi connectivity index (χ4v) is 3.58. The maximum Gasteiger partial charge on any atom is 0.257 e. The van der Waals surface area contributed by atoms with Gasteiger partial charge in [-0.2, -0.15) is 0 Å². The Bertz CT molecular complexity index is 1230. The summed E-state index contributed by atoms with van der Waals surface area (Å²) in [6.45, 7) is 0.753. The maximum absolute atomic E-state index is 13.3. The summed E-state index contributed by atoms with van der Waals surface area (Å²) in [5.41, 5.74) is 4.54. The van der Waals surface area contributed by atoms with Crippen LogP contribution in [0.15, 0.2) is 55.1 Å². The Labute approximate surface area is 165 Å². The summed E-state index contributed by atoms with van der Waals surface area (Å²) >= 11 is 0. The molecule has 7 heteroatoms. The smallest absolute Gasteiger partial charge is 0.257 e. The number of benzene rings is 1. The highest BCUT2D eigenvalue weighted by atomic mass is 19.1. The van der Waals surface area contributed by atoms with Crippen LogP contribution in [-0.4, -0.2) is 27.5 Å². The first-order valence-corrected chi connectivity index (χ1v) is 9.32. The molecule has 0 atom stereocenters. The topological polar surface area (TPSA) is 79.9 Å². The van der Waals surface area contributed by atoms with E-state index in [0.717, 1.165) is 47.9 Å². The number of rotatable bonds is 3. The molecule has 3 aromatic heterocycles. The predicted molar refractivity (Wildman–Crippen MR) is 107 cm³/mol. The van der Waals surface area contributed by atoms with Gasteiger partial charge in [-0.3, -0.25) is 9.78 Å². The molecule has 1 aliphatic heterocycles. The van der Waals surface area contributed by atoms with E-state index in [2.05, 4.69) is 26.3 Å². The SMILES string of the molecule is O=C(Nc1cncc(F)c1)c1cnc2[nH]cc(-c3ccc4c(c3)CCCO4)c2c1. The molecule has 0 radical (unpaired) electrons. The number of ether oxygens (including phenoxy) is 1. The van der Waals surface area contributed by atoms with Gasteiger partial charge in [0.05, 0.1) is 30.3 Å². The second kappa shape index (κ2) is 7.01. The van der Waals surface area contributed by atoms with Gasteiger partial charge in [-0.15, -0.1) is 0 Å². The van der Waals surface area contributed by atoms with E-state index in [1.807, 2.05) is 18.3 Å². The molecule has 1 aliphatic rings. The van der Waals surface area contributed by atoms with Gasteiger partial charge in [0.25, 0.3) is 5.91 Å². The van der Waals surface area contributed by atoms with E-state index in [0.29, 0.717) is 16.9 Å². The van der Waals surface area contributed by atoms with E-state index >= 15 is 0 Å². The van der Waals surface area contributed by atoms with Crippen molar-refractivity contribution in [1.29, 1.82) is 0 Å². The lowest BCUT2D eigenvalue weighted by Gasteiger charge is -2.17. The second-order valence-corrected chi connectivity index (χ2v) is 6.94. The average molecular weight is 388 g/mol. The van der Waals surface area contributed by atoms with Gasteiger partial charge < -0.3 is 15.0 Å². The van der Waals surface area contributed by atoms with Crippen LogP contribution in [0, 0.1) is 5.82 Å². The van der Waals surface area contributed by atoms with Gasteiger partial charge in [0.15, 0.2) is 0 Å². The van der Waals surface area contributed by atoms with Crippen LogP contribution in [0.2, 0.25) is 0 Å². The Kier molecular flexibility index (Phi) is 4.20. The van der Waals surface area contributed by atoms with E-state index in [9.17, 15) is 9.18 Å². The number of fused-ring (bicyclic) bond motifs is 2. The number of nitrogens with zero attached hydrogens (tertiary/aromatic N) is 2. The van der Waals surface area contributed by atoms with Gasteiger partial charge in [-0.25, -0.2) is 9.37 Å². The predicted octanol–water partition coefficient (Wildman–Crippen LogP) is 4.34. The molecular formula is C22H17FN4O2. The summed E-state index contributed by atoms with van der Waals surface area (Å²) in [6.07, 6.45) is 7.85. The van der Waals surface area contributed by atoms with Gasteiger partial charge in [0, 0.05) is 29.4 Å². The van der Waals surface area contributed by atoms with Crippen molar-refractivity contribution in [3.63, 3.8) is 0 Å². The molecule has 0 saturated carbocycles. The normalized spacial score (nSPS) is 13.0. The zero-order valence-corrected chi connectivity index (χ0v) is 15.4. The number of hydrogen-bond donors (Lipinski definition) is 2. The van der Waals surface area contributed by atoms with Crippen LogP contribution < -0.4 is 10.1 Å². The molecule has 144 valence electrons. The summed E-state index contributed by atoms with van der Waals surface area (Å²) in [5.74, 6) is 0.0419. The number of carbonyl (C=O) groups is 1. The Balaban J connectivity index is 1.50. The highest BCUT2D eigenvalue weighted by Gasteiger charge is 2.15. The van der Waals surface area contributed by atoms with Gasteiger partial charge in [0.2, 0.25) is 0 Å². The van der Waals surface area contributed by atoms with E-state index in [4.69, 9.17) is 4.74 Å². The number of pyridine rings is 2. The zero-order valence-electron chi connectivity index (χ0n) is 15.4. The summed E-state index contributed by atoms with van der Waals surface area (Å²) in [4.78, 5) is 23.9. The number of aromatic nitrogens is 3. The summed E-state index contributed by atoms with van der Waals surface area (Å²) in [7, 11) is 0. The first kappa shape index (κ1) is 17.4. The van der Waals surface area contributed by atoms with Crippen molar-refractivity contribution >= 4 is 22.6 Å². The van der Waals surface area contributed by atoms with Crippen LogP contribution in [0.4, 0.5) is 10.1 Å². The van der Waals surface area contributed by atoms with Crippen molar-refractivity contribution in [3.8, 4) is 16.9 Å². The maximum atomic E-state index is 13.3. The molecule has 0 bridgehead atoms. The molecule has 29 heavy (non-hydrogen) atoms. The van der Waals surface area contributed by atoms with Gasteiger partial charge in [0.1, 0.15) is 17.2 Å². The van der Waals surface area contributed by atoms with E-state index < -0.39 is 5.82 Å². The van der Waals surface area contributed by atoms with Gasteiger partial charge in [-0.05, 0) is 42.2 Å². The number of hydrogen-bond acceptors (Lipinski definition) is 4. The van der Waals surface area contributed by atoms with E-state index in [1.54, 1.807) is 6.07 Å². The van der Waals surface area contributed by atoms with Crippen LogP contribution in [0.5, 0.6) is 5.75 Å². The fraction of sp³-hybridized carbons (Fsp3) is 0.136. The standard InChI is InChI=1S/C22H17FN4O2/c23-16-8-17(11-24-10-16)27-22(28)15-7-18-19(12-26-21(18)25-9-15)13-3-4-20-14(6-13)2-1-5-29-20/h3-4,6-12H,1-2,5H2,(H,25,26)(H,27,28). The molecule has 0 fully saturated rings. The van der Waals surface area contributed by atoms with Crippen molar-refractivity contribution in [2.75, 3.05) is 11.9 Å². The van der Waals surface area contributed by atoms with Gasteiger partial charge in [-0.1, -0.05) is 6.07 Å². The highest BCUT2D eigenvalue weighted by molar-refractivity contribution is 6.07. The number of aryl methyl sites for hydroxylation is 1. The quantitative estimate of drug-likeness (QED) is 0.547. The lowest BCUT2D eigenvalue weighted by Crippen LogP contribution is -2.12. The lowest BCUT2D eigenvalue weighted by molar-refractivity contribution is 0.102. The third-order valence-corrected chi connectivity index (χ3v) is 4.98. The number of nitrogens with one attached hydrogen (secondary N) is 2. The Hall–Kier alpha value is -3.74. The molecule has 0 saturated heterocycles. The van der Waals surface area contributed by atoms with Crippen LogP contribution in [0.1, 0.15) is 22.3 Å². The number of amides is 1. The van der Waals surface area contributed by atoms with Crippen LogP contribution in [-0.2, 0) is 6.42 Å². The molecule has 6 nitrogen and oxygen atoms in total. The highest BCUT2D eigenvalue weighted by Crippen LogP contribution is 2.33. The van der Waals surface area contributed by atoms with Crippen LogP contribution >= 0.6 is 0 Å². The molecule has 0 spiro atoms. The lowest BCUT2D eigenvalue weighted by atomic mass is 9.98. The summed E-state index contributed by atoms with van der Waals surface area (Å²) in [6, 6.07) is 9.13. The minimum absolute atomic E-state index is 0.291. The fourth-order valence-electron chi connectivity index (χ4n) is 3.58. The van der Waals surface area contributed by atoms with E-state index in [1.165, 1.54) is 24.0 Å². The van der Waals surface area contributed by atoms with Crippen LogP contribution in [0.3, 0.4) is 0 Å². The van der Waals surface area contributed by atoms with Crippen molar-refractivity contribution < 1.29 is 13.9 Å². The molecule has 4 heterocycles. The number of anilines is 1. The zero-order chi connectivity index (χ0) is 19.8. The monoisotopic (exact) mass is 388 g/mol.